The number of fused-ring (bicyclic) bond motifs is 2. The van der Waals surface area contributed by atoms with Gasteiger partial charge in [0.25, 0.3) is 0 Å². The van der Waals surface area contributed by atoms with Gasteiger partial charge < -0.3 is 25.3 Å². The van der Waals surface area contributed by atoms with Crippen molar-refractivity contribution in [2.75, 3.05) is 31.5 Å². The molecule has 0 aliphatic carbocycles. The molecule has 1 aromatic heterocycles. The van der Waals surface area contributed by atoms with Crippen LogP contribution in [0.1, 0.15) is 48.8 Å². The summed E-state index contributed by atoms with van der Waals surface area (Å²) in [5, 5.41) is 15.6. The van der Waals surface area contributed by atoms with Crippen molar-refractivity contribution in [3.8, 4) is 0 Å². The predicted molar refractivity (Wildman–Crippen MR) is 154 cm³/mol. The molecule has 4 amide bonds. The molecule has 3 aliphatic rings. The van der Waals surface area contributed by atoms with E-state index in [1.165, 1.54) is 0 Å². The maximum Gasteiger partial charge on any atom is 0.426 e. The molecule has 4 heterocycles. The third kappa shape index (κ3) is 6.00. The van der Waals surface area contributed by atoms with Crippen LogP contribution in [0.2, 0.25) is 0 Å². The summed E-state index contributed by atoms with van der Waals surface area (Å²) in [6, 6.07) is 11.1. The topological polar surface area (TPSA) is 123 Å². The zero-order valence-electron chi connectivity index (χ0n) is 23.4. The van der Waals surface area contributed by atoms with Gasteiger partial charge in [0.2, 0.25) is 5.91 Å². The molecule has 0 spiro atoms. The van der Waals surface area contributed by atoms with Crippen molar-refractivity contribution in [3.05, 3.63) is 59.3 Å². The molecule has 216 valence electrons. The van der Waals surface area contributed by atoms with Crippen LogP contribution in [-0.4, -0.2) is 81.4 Å². The summed E-state index contributed by atoms with van der Waals surface area (Å²) in [5.74, 6) is -0.0818. The van der Waals surface area contributed by atoms with E-state index in [1.807, 2.05) is 53.1 Å². The van der Waals surface area contributed by atoms with Crippen molar-refractivity contribution in [1.82, 2.24) is 30.4 Å². The van der Waals surface area contributed by atoms with Crippen molar-refractivity contribution < 1.29 is 19.2 Å². The number of rotatable bonds is 6. The Balaban J connectivity index is 1.07. The molecule has 11 heteroatoms. The number of benzene rings is 2. The van der Waals surface area contributed by atoms with E-state index >= 15 is 0 Å². The number of aromatic amines is 1. The molecule has 2 fully saturated rings. The minimum absolute atomic E-state index is 0.0563. The Morgan fingerprint density at radius 1 is 1.10 bits per heavy atom. The van der Waals surface area contributed by atoms with Gasteiger partial charge in [-0.2, -0.15) is 5.10 Å². The molecule has 41 heavy (non-hydrogen) atoms. The molecular formula is C30H37N7O4. The number of H-pyrrole nitrogens is 1. The van der Waals surface area contributed by atoms with E-state index in [-0.39, 0.29) is 18.0 Å². The van der Waals surface area contributed by atoms with Gasteiger partial charge >= 0.3 is 12.1 Å². The van der Waals surface area contributed by atoms with E-state index in [0.29, 0.717) is 52.0 Å². The number of urea groups is 1. The van der Waals surface area contributed by atoms with E-state index < -0.39 is 12.1 Å². The highest BCUT2D eigenvalue weighted by Crippen LogP contribution is 2.28. The molecule has 6 rings (SSSR count). The van der Waals surface area contributed by atoms with Crippen LogP contribution in [0.5, 0.6) is 0 Å². The van der Waals surface area contributed by atoms with Gasteiger partial charge in [0.15, 0.2) is 0 Å². The number of nitrogens with one attached hydrogen (secondary N) is 3. The van der Waals surface area contributed by atoms with Gasteiger partial charge in [0, 0.05) is 56.3 Å². The van der Waals surface area contributed by atoms with Gasteiger partial charge in [-0.3, -0.25) is 9.89 Å². The van der Waals surface area contributed by atoms with E-state index in [4.69, 9.17) is 4.84 Å². The molecule has 2 aromatic carbocycles. The molecule has 11 nitrogen and oxygen atoms in total. The number of amides is 4. The number of likely N-dealkylation sites (tertiary alicyclic amines) is 1. The normalized spacial score (nSPS) is 19.0. The number of aryl methyl sites for hydroxylation is 1. The maximum atomic E-state index is 13.5. The smallest absolute Gasteiger partial charge is 0.351 e. The second-order valence-corrected chi connectivity index (χ2v) is 11.3. The quantitative estimate of drug-likeness (QED) is 0.420. The van der Waals surface area contributed by atoms with E-state index in [0.717, 1.165) is 52.5 Å². The highest BCUT2D eigenvalue weighted by molar-refractivity contribution is 5.92. The van der Waals surface area contributed by atoms with Crippen LogP contribution >= 0.6 is 0 Å². The Morgan fingerprint density at radius 3 is 2.68 bits per heavy atom. The summed E-state index contributed by atoms with van der Waals surface area (Å²) >= 11 is 0. The number of anilines is 1. The van der Waals surface area contributed by atoms with Gasteiger partial charge in [-0.15, -0.1) is 5.06 Å². The van der Waals surface area contributed by atoms with Crippen molar-refractivity contribution in [1.29, 1.82) is 0 Å². The van der Waals surface area contributed by atoms with Crippen molar-refractivity contribution >= 4 is 34.6 Å². The number of hydrogen-bond acceptors (Lipinski definition) is 6. The second-order valence-electron chi connectivity index (χ2n) is 11.3. The van der Waals surface area contributed by atoms with Gasteiger partial charge in [0.1, 0.15) is 6.04 Å². The van der Waals surface area contributed by atoms with Gasteiger partial charge in [-0.1, -0.05) is 24.3 Å². The number of nitrogens with zero attached hydrogens (tertiary/aromatic N) is 4. The second kappa shape index (κ2) is 11.8. The summed E-state index contributed by atoms with van der Waals surface area (Å²) in [6.07, 6.45) is 5.92. The Labute approximate surface area is 239 Å². The molecule has 3 aliphatic heterocycles. The number of carbonyl (C=O) groups is 3. The average molecular weight is 560 g/mol. The first kappa shape index (κ1) is 27.1. The Bertz CT molecular complexity index is 1430. The minimum Gasteiger partial charge on any atom is -0.351 e. The fourth-order valence-electron chi connectivity index (χ4n) is 6.25. The zero-order valence-corrected chi connectivity index (χ0v) is 23.4. The lowest BCUT2D eigenvalue weighted by atomic mass is 10.00. The molecule has 1 atom stereocenters. The molecule has 0 radical (unpaired) electrons. The standard InChI is InChI=1S/C30H37N7O4/c1-20-15-21(16-23-18-31-34-27(20)23)17-26(28(38)35-11-5-2-6-12-35)33-30(40)41-36-13-9-24(10-14-36)37-19-22-7-3-4-8-25(22)32-29(37)39/h3-4,7-8,15-16,18,24,26H,2,5-6,9-14,17,19H2,1H3,(H,31,34)(H,32,39)(H,33,40). The Morgan fingerprint density at radius 2 is 1.88 bits per heavy atom. The molecule has 0 bridgehead atoms. The molecule has 3 aromatic rings. The third-order valence-electron chi connectivity index (χ3n) is 8.44. The Hall–Kier alpha value is -4.12. The van der Waals surface area contributed by atoms with Crippen LogP contribution in [0.25, 0.3) is 10.9 Å². The van der Waals surface area contributed by atoms with Gasteiger partial charge in [-0.25, -0.2) is 9.59 Å². The fraction of sp³-hybridized carbons (Fsp3) is 0.467. The molecular weight excluding hydrogens is 522 g/mol. The predicted octanol–water partition coefficient (Wildman–Crippen LogP) is 3.95. The van der Waals surface area contributed by atoms with Crippen LogP contribution in [0.3, 0.4) is 0 Å². The van der Waals surface area contributed by atoms with Crippen LogP contribution in [0.15, 0.2) is 42.6 Å². The molecule has 2 saturated heterocycles. The number of para-hydroxylation sites is 1. The van der Waals surface area contributed by atoms with Crippen molar-refractivity contribution in [2.45, 2.75) is 64.1 Å². The average Bonchev–Trinajstić information content (AvgIpc) is 3.46. The highest BCUT2D eigenvalue weighted by atomic mass is 16.7. The van der Waals surface area contributed by atoms with Crippen LogP contribution < -0.4 is 10.6 Å². The van der Waals surface area contributed by atoms with Crippen LogP contribution in [-0.2, 0) is 22.6 Å². The number of hydrogen-bond donors (Lipinski definition) is 3. The van der Waals surface area contributed by atoms with E-state index in [9.17, 15) is 14.4 Å². The number of hydroxylamine groups is 2. The molecule has 3 N–H and O–H groups in total. The maximum absolute atomic E-state index is 13.5. The summed E-state index contributed by atoms with van der Waals surface area (Å²) in [7, 11) is 0. The zero-order chi connectivity index (χ0) is 28.3. The SMILES string of the molecule is Cc1cc(CC(NC(=O)ON2CCC(N3Cc4ccccc4NC3=O)CC2)C(=O)N2CCCCC2)cc2cn[nH]c12. The largest absolute Gasteiger partial charge is 0.426 e. The lowest BCUT2D eigenvalue weighted by molar-refractivity contribution is -0.136. The monoisotopic (exact) mass is 559 g/mol. The number of carbonyl (C=O) groups excluding carboxylic acids is 3. The van der Waals surface area contributed by atoms with Crippen molar-refractivity contribution in [2.24, 2.45) is 0 Å². The van der Waals surface area contributed by atoms with Crippen LogP contribution in [0, 0.1) is 6.92 Å². The Kier molecular flexibility index (Phi) is 7.78. The third-order valence-corrected chi connectivity index (χ3v) is 8.44. The molecule has 0 saturated carbocycles. The molecule has 1 unspecified atom stereocenters. The van der Waals surface area contributed by atoms with Gasteiger partial charge in [-0.05, 0) is 67.9 Å². The van der Waals surface area contributed by atoms with Crippen LogP contribution in [0.4, 0.5) is 15.3 Å². The number of aromatic nitrogens is 2. The summed E-state index contributed by atoms with van der Waals surface area (Å²) < 4.78 is 0. The fourth-order valence-corrected chi connectivity index (χ4v) is 6.25. The first-order chi connectivity index (χ1) is 19.9. The minimum atomic E-state index is -0.737. The first-order valence-electron chi connectivity index (χ1n) is 14.5. The highest BCUT2D eigenvalue weighted by Gasteiger charge is 2.33. The van der Waals surface area contributed by atoms with E-state index in [1.54, 1.807) is 11.3 Å². The summed E-state index contributed by atoms with van der Waals surface area (Å²) in [4.78, 5) is 48.7. The lowest BCUT2D eigenvalue weighted by Crippen LogP contribution is -2.53. The summed E-state index contributed by atoms with van der Waals surface area (Å²) in [5.41, 5.74) is 4.91. The van der Waals surface area contributed by atoms with Gasteiger partial charge in [0.05, 0.1) is 11.7 Å². The van der Waals surface area contributed by atoms with Crippen molar-refractivity contribution in [3.63, 3.8) is 0 Å². The number of piperidine rings is 2. The summed E-state index contributed by atoms with van der Waals surface area (Å²) in [6.45, 7) is 4.98. The van der Waals surface area contributed by atoms with E-state index in [2.05, 4.69) is 20.8 Å². The lowest BCUT2D eigenvalue weighted by Gasteiger charge is -2.39. The first-order valence-corrected chi connectivity index (χ1v) is 14.5.